The first-order valence-electron chi connectivity index (χ1n) is 5.52. The maximum atomic E-state index is 5.71. The number of thioether (sulfide) groups is 1. The van der Waals surface area contributed by atoms with Crippen molar-refractivity contribution < 1.29 is 0 Å². The number of nitrogens with zero attached hydrogens (tertiary/aromatic N) is 2. The minimum Gasteiger partial charge on any atom is -0.368 e. The van der Waals surface area contributed by atoms with Gasteiger partial charge in [-0.1, -0.05) is 0 Å². The van der Waals surface area contributed by atoms with E-state index < -0.39 is 0 Å². The maximum Gasteiger partial charge on any atom is 0.223 e. The van der Waals surface area contributed by atoms with E-state index in [1.165, 1.54) is 12.8 Å². The SMILES string of the molecule is CSC1(CNc2nc(N)nc3sccc23)CC1. The van der Waals surface area contributed by atoms with Crippen LogP contribution in [0.5, 0.6) is 0 Å². The van der Waals surface area contributed by atoms with Crippen LogP contribution in [-0.4, -0.2) is 27.5 Å². The first-order valence-corrected chi connectivity index (χ1v) is 7.63. The van der Waals surface area contributed by atoms with E-state index >= 15 is 0 Å². The molecular weight excluding hydrogens is 252 g/mol. The Kier molecular flexibility index (Phi) is 2.63. The van der Waals surface area contributed by atoms with Gasteiger partial charge in [-0.3, -0.25) is 0 Å². The van der Waals surface area contributed by atoms with Crippen molar-refractivity contribution in [2.75, 3.05) is 23.9 Å². The molecule has 0 atom stereocenters. The van der Waals surface area contributed by atoms with E-state index in [0.717, 1.165) is 22.6 Å². The van der Waals surface area contributed by atoms with E-state index in [1.54, 1.807) is 11.3 Å². The van der Waals surface area contributed by atoms with Crippen LogP contribution in [0, 0.1) is 0 Å². The fourth-order valence-corrected chi connectivity index (χ4v) is 3.34. The molecule has 1 saturated carbocycles. The van der Waals surface area contributed by atoms with E-state index in [-0.39, 0.29) is 0 Å². The van der Waals surface area contributed by atoms with E-state index in [4.69, 9.17) is 5.73 Å². The Morgan fingerprint density at radius 2 is 2.35 bits per heavy atom. The number of hydrogen-bond acceptors (Lipinski definition) is 6. The fraction of sp³-hybridized carbons (Fsp3) is 0.455. The Hall–Kier alpha value is -1.01. The zero-order valence-corrected chi connectivity index (χ0v) is 11.2. The van der Waals surface area contributed by atoms with Gasteiger partial charge in [-0.2, -0.15) is 16.7 Å². The fourth-order valence-electron chi connectivity index (χ4n) is 1.84. The van der Waals surface area contributed by atoms with Crippen molar-refractivity contribution >= 4 is 45.1 Å². The molecule has 4 nitrogen and oxygen atoms in total. The van der Waals surface area contributed by atoms with E-state index in [1.807, 2.05) is 23.2 Å². The van der Waals surface area contributed by atoms with Crippen molar-refractivity contribution in [3.05, 3.63) is 11.4 Å². The minimum atomic E-state index is 0.344. The molecule has 2 aromatic heterocycles. The topological polar surface area (TPSA) is 63.8 Å². The van der Waals surface area contributed by atoms with Crippen molar-refractivity contribution in [3.63, 3.8) is 0 Å². The van der Waals surface area contributed by atoms with Crippen molar-refractivity contribution in [1.82, 2.24) is 9.97 Å². The number of fused-ring (bicyclic) bond motifs is 1. The smallest absolute Gasteiger partial charge is 0.223 e. The summed E-state index contributed by atoms with van der Waals surface area (Å²) in [5.41, 5.74) is 5.71. The molecule has 0 saturated heterocycles. The second kappa shape index (κ2) is 4.03. The molecule has 90 valence electrons. The lowest BCUT2D eigenvalue weighted by molar-refractivity contribution is 0.942. The largest absolute Gasteiger partial charge is 0.368 e. The molecule has 1 fully saturated rings. The van der Waals surface area contributed by atoms with Crippen molar-refractivity contribution in [2.45, 2.75) is 17.6 Å². The first-order chi connectivity index (χ1) is 8.22. The predicted octanol–water partition coefficient (Wildman–Crippen LogP) is 2.58. The summed E-state index contributed by atoms with van der Waals surface area (Å²) in [6.07, 6.45) is 4.74. The summed E-state index contributed by atoms with van der Waals surface area (Å²) in [6, 6.07) is 2.04. The first kappa shape index (κ1) is 11.1. The molecule has 0 radical (unpaired) electrons. The number of anilines is 2. The van der Waals surface area contributed by atoms with Gasteiger partial charge in [0.25, 0.3) is 0 Å². The Balaban J connectivity index is 1.86. The lowest BCUT2D eigenvalue weighted by Crippen LogP contribution is -2.18. The summed E-state index contributed by atoms with van der Waals surface area (Å²) in [5, 5.41) is 6.51. The Bertz CT molecular complexity index is 547. The van der Waals surface area contributed by atoms with Gasteiger partial charge in [0.15, 0.2) is 0 Å². The molecule has 1 aliphatic rings. The molecule has 0 unspecified atom stereocenters. The van der Waals surface area contributed by atoms with Gasteiger partial charge < -0.3 is 11.1 Å². The summed E-state index contributed by atoms with van der Waals surface area (Å²) in [5.74, 6) is 1.21. The number of nitrogens with two attached hydrogens (primary N) is 1. The highest BCUT2D eigenvalue weighted by molar-refractivity contribution is 8.00. The highest BCUT2D eigenvalue weighted by atomic mass is 32.2. The molecule has 6 heteroatoms. The van der Waals surface area contributed by atoms with Gasteiger partial charge >= 0.3 is 0 Å². The third-order valence-corrected chi connectivity index (χ3v) is 5.39. The summed E-state index contributed by atoms with van der Waals surface area (Å²) in [6.45, 7) is 0.954. The Morgan fingerprint density at radius 3 is 3.06 bits per heavy atom. The molecule has 1 aliphatic carbocycles. The van der Waals surface area contributed by atoms with Crippen LogP contribution in [0.2, 0.25) is 0 Å². The average molecular weight is 266 g/mol. The van der Waals surface area contributed by atoms with Crippen LogP contribution in [0.1, 0.15) is 12.8 Å². The normalized spacial score (nSPS) is 17.2. The van der Waals surface area contributed by atoms with Gasteiger partial charge in [0.05, 0.1) is 5.39 Å². The van der Waals surface area contributed by atoms with Crippen LogP contribution in [-0.2, 0) is 0 Å². The van der Waals surface area contributed by atoms with Crippen LogP contribution in [0.4, 0.5) is 11.8 Å². The van der Waals surface area contributed by atoms with Gasteiger partial charge in [0.1, 0.15) is 10.6 Å². The van der Waals surface area contributed by atoms with Crippen molar-refractivity contribution in [1.29, 1.82) is 0 Å². The van der Waals surface area contributed by atoms with Gasteiger partial charge in [0, 0.05) is 11.3 Å². The molecule has 3 N–H and O–H groups in total. The summed E-state index contributed by atoms with van der Waals surface area (Å²) in [7, 11) is 0. The number of thiophene rings is 1. The lowest BCUT2D eigenvalue weighted by atomic mass is 10.3. The average Bonchev–Trinajstić information content (AvgIpc) is 2.96. The second-order valence-corrected chi connectivity index (χ2v) is 6.48. The third kappa shape index (κ3) is 2.07. The lowest BCUT2D eigenvalue weighted by Gasteiger charge is -2.14. The summed E-state index contributed by atoms with van der Waals surface area (Å²) >= 11 is 3.53. The zero-order chi connectivity index (χ0) is 11.9. The van der Waals surface area contributed by atoms with E-state index in [9.17, 15) is 0 Å². The summed E-state index contributed by atoms with van der Waals surface area (Å²) < 4.78 is 0.419. The Labute approximate surface area is 108 Å². The molecule has 3 rings (SSSR count). The zero-order valence-electron chi connectivity index (χ0n) is 9.56. The number of rotatable bonds is 4. The van der Waals surface area contributed by atoms with Crippen molar-refractivity contribution in [2.24, 2.45) is 0 Å². The van der Waals surface area contributed by atoms with Crippen LogP contribution in [0.3, 0.4) is 0 Å². The van der Waals surface area contributed by atoms with Crippen molar-refractivity contribution in [3.8, 4) is 0 Å². The number of nitrogen functional groups attached to an aromatic ring is 1. The third-order valence-electron chi connectivity index (χ3n) is 3.16. The van der Waals surface area contributed by atoms with Crippen LogP contribution in [0.15, 0.2) is 11.4 Å². The highest BCUT2D eigenvalue weighted by Crippen LogP contribution is 2.47. The predicted molar refractivity (Wildman–Crippen MR) is 75.8 cm³/mol. The minimum absolute atomic E-state index is 0.344. The molecule has 0 aromatic carbocycles. The van der Waals surface area contributed by atoms with E-state index in [0.29, 0.717) is 10.7 Å². The van der Waals surface area contributed by atoms with Crippen LogP contribution in [0.25, 0.3) is 10.2 Å². The standard InChI is InChI=1S/C11H14N4S2/c1-16-11(3-4-11)6-13-8-7-2-5-17-9(7)15-10(12)14-8/h2,5H,3-4,6H2,1H3,(H3,12,13,14,15). The molecular formula is C11H14N4S2. The molecule has 0 spiro atoms. The highest BCUT2D eigenvalue weighted by Gasteiger charge is 2.41. The van der Waals surface area contributed by atoms with E-state index in [2.05, 4.69) is 21.5 Å². The Morgan fingerprint density at radius 1 is 1.53 bits per heavy atom. The number of nitrogens with one attached hydrogen (secondary N) is 1. The molecule has 0 aliphatic heterocycles. The maximum absolute atomic E-state index is 5.71. The molecule has 0 amide bonds. The van der Waals surface area contributed by atoms with Crippen LogP contribution < -0.4 is 11.1 Å². The number of aromatic nitrogens is 2. The molecule has 2 aromatic rings. The van der Waals surface area contributed by atoms with Crippen LogP contribution >= 0.6 is 23.1 Å². The molecule has 0 bridgehead atoms. The van der Waals surface area contributed by atoms with Gasteiger partial charge in [-0.25, -0.2) is 4.98 Å². The van der Waals surface area contributed by atoms with Gasteiger partial charge in [-0.05, 0) is 30.5 Å². The second-order valence-electron chi connectivity index (χ2n) is 4.31. The summed E-state index contributed by atoms with van der Waals surface area (Å²) in [4.78, 5) is 9.46. The monoisotopic (exact) mass is 266 g/mol. The molecule has 2 heterocycles. The van der Waals surface area contributed by atoms with Gasteiger partial charge in [-0.15, -0.1) is 11.3 Å². The number of hydrogen-bond donors (Lipinski definition) is 2. The molecule has 17 heavy (non-hydrogen) atoms. The van der Waals surface area contributed by atoms with Gasteiger partial charge in [0.2, 0.25) is 5.95 Å². The quantitative estimate of drug-likeness (QED) is 0.890.